The molecule has 0 aromatic heterocycles. The van der Waals surface area contributed by atoms with Gasteiger partial charge in [0.1, 0.15) is 0 Å². The molecule has 1 fully saturated rings. The summed E-state index contributed by atoms with van der Waals surface area (Å²) in [5.41, 5.74) is 1.57. The van der Waals surface area contributed by atoms with Gasteiger partial charge in [-0.2, -0.15) is 0 Å². The van der Waals surface area contributed by atoms with E-state index in [0.717, 1.165) is 5.56 Å². The topological polar surface area (TPSA) is 80.3 Å². The van der Waals surface area contributed by atoms with Gasteiger partial charge in [-0.15, -0.1) is 11.6 Å². The van der Waals surface area contributed by atoms with Crippen LogP contribution in [0.2, 0.25) is 0 Å². The van der Waals surface area contributed by atoms with E-state index in [1.54, 1.807) is 19.1 Å². The minimum Gasteiger partial charge on any atom is -0.229 e. The maximum Gasteiger partial charge on any atom is 0.241 e. The third-order valence-electron chi connectivity index (χ3n) is 3.21. The lowest BCUT2D eigenvalue weighted by Crippen LogP contribution is -2.40. The minimum atomic E-state index is -3.77. The zero-order valence-corrected chi connectivity index (χ0v) is 13.5. The van der Waals surface area contributed by atoms with Crippen LogP contribution in [0.1, 0.15) is 11.1 Å². The van der Waals surface area contributed by atoms with Gasteiger partial charge in [0.15, 0.2) is 9.84 Å². The van der Waals surface area contributed by atoms with Crippen LogP contribution in [0.15, 0.2) is 23.1 Å². The number of rotatable bonds is 3. The monoisotopic (exact) mass is 337 g/mol. The SMILES string of the molecule is Cc1ccc(S(=O)(=O)N[C@H]2CS(=O)(=O)C[C@@H]2Cl)c(C)c1. The number of sulfonamides is 1. The zero-order valence-electron chi connectivity index (χ0n) is 11.1. The Labute approximate surface area is 124 Å². The summed E-state index contributed by atoms with van der Waals surface area (Å²) in [7, 11) is -7.05. The number of sulfone groups is 1. The van der Waals surface area contributed by atoms with Gasteiger partial charge in [0.25, 0.3) is 0 Å². The molecule has 2 rings (SSSR count). The number of hydrogen-bond donors (Lipinski definition) is 1. The average Bonchev–Trinajstić information content (AvgIpc) is 2.50. The van der Waals surface area contributed by atoms with Crippen LogP contribution in [0.25, 0.3) is 0 Å². The van der Waals surface area contributed by atoms with Gasteiger partial charge in [0, 0.05) is 0 Å². The fourth-order valence-electron chi connectivity index (χ4n) is 2.28. The van der Waals surface area contributed by atoms with Crippen molar-refractivity contribution in [2.24, 2.45) is 0 Å². The highest BCUT2D eigenvalue weighted by molar-refractivity contribution is 7.92. The van der Waals surface area contributed by atoms with E-state index < -0.39 is 31.3 Å². The van der Waals surface area contributed by atoms with Gasteiger partial charge in [0.2, 0.25) is 10.0 Å². The first kappa shape index (κ1) is 15.8. The summed E-state index contributed by atoms with van der Waals surface area (Å²) in [5.74, 6) is -0.458. The fraction of sp³-hybridized carbons (Fsp3) is 0.500. The smallest absolute Gasteiger partial charge is 0.229 e. The number of benzene rings is 1. The second kappa shape index (κ2) is 5.29. The molecule has 0 saturated carbocycles. The third kappa shape index (κ3) is 3.33. The van der Waals surface area contributed by atoms with E-state index in [0.29, 0.717) is 5.56 Å². The lowest BCUT2D eigenvalue weighted by molar-refractivity contribution is 0.563. The van der Waals surface area contributed by atoms with E-state index in [9.17, 15) is 16.8 Å². The summed E-state index contributed by atoms with van der Waals surface area (Å²) in [5, 5.41) is -0.736. The van der Waals surface area contributed by atoms with Crippen molar-refractivity contribution < 1.29 is 16.8 Å². The molecule has 20 heavy (non-hydrogen) atoms. The van der Waals surface area contributed by atoms with Gasteiger partial charge in [-0.3, -0.25) is 0 Å². The van der Waals surface area contributed by atoms with Crippen molar-refractivity contribution in [3.05, 3.63) is 29.3 Å². The first-order valence-corrected chi connectivity index (χ1v) is 9.79. The molecule has 0 spiro atoms. The molecule has 1 aromatic carbocycles. The van der Waals surface area contributed by atoms with Crippen molar-refractivity contribution in [2.75, 3.05) is 11.5 Å². The normalized spacial score (nSPS) is 25.8. The van der Waals surface area contributed by atoms with Crippen LogP contribution in [0.3, 0.4) is 0 Å². The van der Waals surface area contributed by atoms with Gasteiger partial charge in [-0.1, -0.05) is 17.7 Å². The Bertz CT molecular complexity index is 728. The van der Waals surface area contributed by atoms with Crippen molar-refractivity contribution in [1.29, 1.82) is 0 Å². The van der Waals surface area contributed by atoms with Gasteiger partial charge >= 0.3 is 0 Å². The Morgan fingerprint density at radius 1 is 1.25 bits per heavy atom. The Morgan fingerprint density at radius 2 is 1.90 bits per heavy atom. The van der Waals surface area contributed by atoms with Crippen molar-refractivity contribution >= 4 is 31.5 Å². The second-order valence-electron chi connectivity index (χ2n) is 5.09. The molecule has 1 heterocycles. The number of halogens is 1. The summed E-state index contributed by atoms with van der Waals surface area (Å²) in [6, 6.07) is 4.19. The van der Waals surface area contributed by atoms with Crippen molar-refractivity contribution in [3.63, 3.8) is 0 Å². The van der Waals surface area contributed by atoms with Crippen LogP contribution < -0.4 is 4.72 Å². The Morgan fingerprint density at radius 3 is 2.40 bits per heavy atom. The van der Waals surface area contributed by atoms with Gasteiger partial charge in [0.05, 0.1) is 27.8 Å². The zero-order chi connectivity index (χ0) is 15.1. The molecule has 1 N–H and O–H groups in total. The molecule has 0 unspecified atom stereocenters. The standard InChI is InChI=1S/C12H16ClNO4S2/c1-8-3-4-12(9(2)5-8)20(17,18)14-11-7-19(15,16)6-10(11)13/h3-5,10-11,14H,6-7H2,1-2H3/t10-,11-/m0/s1. The van der Waals surface area contributed by atoms with E-state index >= 15 is 0 Å². The largest absolute Gasteiger partial charge is 0.241 e. The van der Waals surface area contributed by atoms with Crippen LogP contribution in [-0.4, -0.2) is 39.8 Å². The number of alkyl halides is 1. The van der Waals surface area contributed by atoms with Gasteiger partial charge in [-0.25, -0.2) is 21.6 Å². The quantitative estimate of drug-likeness (QED) is 0.834. The van der Waals surface area contributed by atoms with Crippen molar-refractivity contribution in [3.8, 4) is 0 Å². The maximum absolute atomic E-state index is 12.3. The highest BCUT2D eigenvalue weighted by Crippen LogP contribution is 2.22. The molecule has 0 aliphatic carbocycles. The average molecular weight is 338 g/mol. The first-order chi connectivity index (χ1) is 9.11. The maximum atomic E-state index is 12.3. The summed E-state index contributed by atoms with van der Waals surface area (Å²) in [6.07, 6.45) is 0. The molecule has 1 aromatic rings. The van der Waals surface area contributed by atoms with E-state index in [-0.39, 0.29) is 16.4 Å². The third-order valence-corrected chi connectivity index (χ3v) is 7.24. The summed E-state index contributed by atoms with van der Waals surface area (Å²) >= 11 is 5.92. The molecule has 0 amide bonds. The van der Waals surface area contributed by atoms with E-state index in [1.807, 2.05) is 6.92 Å². The molecule has 1 aliphatic rings. The molecule has 5 nitrogen and oxygen atoms in total. The van der Waals surface area contributed by atoms with Crippen LogP contribution in [-0.2, 0) is 19.9 Å². The molecule has 1 saturated heterocycles. The Kier molecular flexibility index (Phi) is 4.17. The predicted molar refractivity (Wildman–Crippen MR) is 78.3 cm³/mol. The van der Waals surface area contributed by atoms with E-state index in [4.69, 9.17) is 11.6 Å². The summed E-state index contributed by atoms with van der Waals surface area (Å²) < 4.78 is 50.0. The molecular weight excluding hydrogens is 322 g/mol. The van der Waals surface area contributed by atoms with E-state index in [1.165, 1.54) is 6.07 Å². The number of hydrogen-bond acceptors (Lipinski definition) is 4. The lowest BCUT2D eigenvalue weighted by atomic mass is 10.2. The van der Waals surface area contributed by atoms with Gasteiger partial charge in [-0.05, 0) is 25.5 Å². The van der Waals surface area contributed by atoms with Crippen LogP contribution in [0.5, 0.6) is 0 Å². The van der Waals surface area contributed by atoms with Crippen LogP contribution >= 0.6 is 11.6 Å². The summed E-state index contributed by atoms with van der Waals surface area (Å²) in [4.78, 5) is 0.149. The van der Waals surface area contributed by atoms with Crippen LogP contribution in [0.4, 0.5) is 0 Å². The Balaban J connectivity index is 2.28. The molecule has 0 radical (unpaired) electrons. The molecule has 8 heteroatoms. The summed E-state index contributed by atoms with van der Waals surface area (Å²) in [6.45, 7) is 3.57. The highest BCUT2D eigenvalue weighted by Gasteiger charge is 2.39. The predicted octanol–water partition coefficient (Wildman–Crippen LogP) is 0.986. The first-order valence-electron chi connectivity index (χ1n) is 6.05. The minimum absolute atomic E-state index is 0.149. The molecular formula is C12H16ClNO4S2. The highest BCUT2D eigenvalue weighted by atomic mass is 35.5. The molecule has 1 aliphatic heterocycles. The molecule has 2 atom stereocenters. The van der Waals surface area contributed by atoms with Gasteiger partial charge < -0.3 is 0 Å². The lowest BCUT2D eigenvalue weighted by Gasteiger charge is -2.16. The number of nitrogens with one attached hydrogen (secondary N) is 1. The second-order valence-corrected chi connectivity index (χ2v) is 9.49. The number of aryl methyl sites for hydroxylation is 2. The van der Waals surface area contributed by atoms with E-state index in [2.05, 4.69) is 4.72 Å². The molecule has 0 bridgehead atoms. The fourth-order valence-corrected chi connectivity index (χ4v) is 6.51. The van der Waals surface area contributed by atoms with Crippen LogP contribution in [0, 0.1) is 13.8 Å². The van der Waals surface area contributed by atoms with Crippen molar-refractivity contribution in [2.45, 2.75) is 30.2 Å². The van der Waals surface area contributed by atoms with Crippen molar-refractivity contribution in [1.82, 2.24) is 4.72 Å². The molecule has 112 valence electrons. The Hall–Kier alpha value is -0.630.